The molecule has 3 heteroatoms. The maximum absolute atomic E-state index is 9.15. The third-order valence-corrected chi connectivity index (χ3v) is 2.86. The summed E-state index contributed by atoms with van der Waals surface area (Å²) in [5.74, 6) is 2.16. The molecule has 0 spiro atoms. The van der Waals surface area contributed by atoms with Gasteiger partial charge in [0.15, 0.2) is 11.5 Å². The summed E-state index contributed by atoms with van der Waals surface area (Å²) in [6, 6.07) is 13.2. The van der Waals surface area contributed by atoms with Gasteiger partial charge in [-0.2, -0.15) is 0 Å². The summed E-state index contributed by atoms with van der Waals surface area (Å²) in [6.45, 7) is 4.54. The molecule has 0 atom stereocenters. The Hall–Kier alpha value is -2.00. The minimum Gasteiger partial charge on any atom is -0.490 e. The van der Waals surface area contributed by atoms with Crippen LogP contribution in [0.2, 0.25) is 0 Å². The van der Waals surface area contributed by atoms with E-state index in [4.69, 9.17) is 14.6 Å². The normalized spacial score (nSPS) is 10.3. The fourth-order valence-corrected chi connectivity index (χ4v) is 1.85. The van der Waals surface area contributed by atoms with Crippen LogP contribution in [0.5, 0.6) is 17.2 Å². The van der Waals surface area contributed by atoms with E-state index in [0.717, 1.165) is 22.6 Å². The van der Waals surface area contributed by atoms with Crippen molar-refractivity contribution >= 4 is 0 Å². The van der Waals surface area contributed by atoms with Gasteiger partial charge in [-0.3, -0.25) is 0 Å². The van der Waals surface area contributed by atoms with E-state index in [0.29, 0.717) is 12.4 Å². The van der Waals surface area contributed by atoms with Gasteiger partial charge < -0.3 is 14.6 Å². The molecule has 0 amide bonds. The van der Waals surface area contributed by atoms with Crippen LogP contribution in [0.25, 0.3) is 0 Å². The molecule has 0 saturated carbocycles. The Morgan fingerprint density at radius 3 is 2.42 bits per heavy atom. The molecule has 0 heterocycles. The molecular formula is C16H18O3. The van der Waals surface area contributed by atoms with E-state index >= 15 is 0 Å². The van der Waals surface area contributed by atoms with Crippen molar-refractivity contribution in [3.63, 3.8) is 0 Å². The number of aryl methyl sites for hydroxylation is 1. The van der Waals surface area contributed by atoms with Crippen molar-refractivity contribution in [2.75, 3.05) is 6.61 Å². The second kappa shape index (κ2) is 6.25. The molecule has 2 aromatic carbocycles. The van der Waals surface area contributed by atoms with Crippen LogP contribution in [-0.4, -0.2) is 11.7 Å². The Labute approximate surface area is 113 Å². The molecule has 0 fully saturated rings. The van der Waals surface area contributed by atoms with Gasteiger partial charge in [0.2, 0.25) is 0 Å². The molecule has 1 N–H and O–H groups in total. The lowest BCUT2D eigenvalue weighted by molar-refractivity contribution is 0.281. The highest BCUT2D eigenvalue weighted by Gasteiger charge is 2.06. The summed E-state index contributed by atoms with van der Waals surface area (Å²) < 4.78 is 11.4. The third kappa shape index (κ3) is 3.26. The van der Waals surface area contributed by atoms with Gasteiger partial charge in [0.25, 0.3) is 0 Å². The molecule has 100 valence electrons. The first kappa shape index (κ1) is 13.4. The van der Waals surface area contributed by atoms with Crippen LogP contribution in [0.1, 0.15) is 18.1 Å². The molecular weight excluding hydrogens is 240 g/mol. The largest absolute Gasteiger partial charge is 0.490 e. The Bertz CT molecular complexity index is 549. The molecule has 19 heavy (non-hydrogen) atoms. The summed E-state index contributed by atoms with van der Waals surface area (Å²) in [5, 5.41) is 9.15. The zero-order valence-corrected chi connectivity index (χ0v) is 11.2. The first-order chi connectivity index (χ1) is 9.24. The van der Waals surface area contributed by atoms with Crippen LogP contribution >= 0.6 is 0 Å². The van der Waals surface area contributed by atoms with Gasteiger partial charge in [0.05, 0.1) is 13.2 Å². The SMILES string of the molecule is CCOc1ccccc1Oc1ccc(CO)c(C)c1. The van der Waals surface area contributed by atoms with Crippen molar-refractivity contribution < 1.29 is 14.6 Å². The predicted octanol–water partition coefficient (Wildman–Crippen LogP) is 3.68. The third-order valence-electron chi connectivity index (χ3n) is 2.86. The number of ether oxygens (including phenoxy) is 2. The number of aliphatic hydroxyl groups is 1. The quantitative estimate of drug-likeness (QED) is 0.889. The second-order valence-corrected chi connectivity index (χ2v) is 4.23. The summed E-state index contributed by atoms with van der Waals surface area (Å²) >= 11 is 0. The van der Waals surface area contributed by atoms with Crippen LogP contribution in [0.3, 0.4) is 0 Å². The molecule has 0 saturated heterocycles. The smallest absolute Gasteiger partial charge is 0.169 e. The van der Waals surface area contributed by atoms with E-state index in [1.54, 1.807) is 0 Å². The maximum Gasteiger partial charge on any atom is 0.169 e. The fraction of sp³-hybridized carbons (Fsp3) is 0.250. The molecule has 0 bridgehead atoms. The molecule has 0 unspecified atom stereocenters. The minimum absolute atomic E-state index is 0.0433. The summed E-state index contributed by atoms with van der Waals surface area (Å²) in [6.07, 6.45) is 0. The minimum atomic E-state index is 0.0433. The first-order valence-electron chi connectivity index (χ1n) is 6.34. The van der Waals surface area contributed by atoms with E-state index in [1.165, 1.54) is 0 Å². The fourth-order valence-electron chi connectivity index (χ4n) is 1.85. The lowest BCUT2D eigenvalue weighted by atomic mass is 10.1. The van der Waals surface area contributed by atoms with E-state index in [2.05, 4.69) is 0 Å². The molecule has 2 aromatic rings. The van der Waals surface area contributed by atoms with Crippen molar-refractivity contribution in [3.05, 3.63) is 53.6 Å². The summed E-state index contributed by atoms with van der Waals surface area (Å²) in [7, 11) is 0. The van der Waals surface area contributed by atoms with E-state index in [-0.39, 0.29) is 6.61 Å². The second-order valence-electron chi connectivity index (χ2n) is 4.23. The van der Waals surface area contributed by atoms with Gasteiger partial charge >= 0.3 is 0 Å². The number of rotatable bonds is 5. The van der Waals surface area contributed by atoms with Crippen LogP contribution in [0.15, 0.2) is 42.5 Å². The van der Waals surface area contributed by atoms with Crippen molar-refractivity contribution in [2.24, 2.45) is 0 Å². The van der Waals surface area contributed by atoms with Gasteiger partial charge in [-0.15, -0.1) is 0 Å². The zero-order valence-electron chi connectivity index (χ0n) is 11.2. The average molecular weight is 258 g/mol. The summed E-state index contributed by atoms with van der Waals surface area (Å²) in [4.78, 5) is 0. The zero-order chi connectivity index (χ0) is 13.7. The Kier molecular flexibility index (Phi) is 4.42. The molecule has 0 aliphatic carbocycles. The summed E-state index contributed by atoms with van der Waals surface area (Å²) in [5.41, 5.74) is 1.92. The monoisotopic (exact) mass is 258 g/mol. The Balaban J connectivity index is 2.23. The molecule has 3 nitrogen and oxygen atoms in total. The van der Waals surface area contributed by atoms with Crippen LogP contribution in [0.4, 0.5) is 0 Å². The number of para-hydroxylation sites is 2. The Morgan fingerprint density at radius 2 is 1.79 bits per heavy atom. The number of hydrogen-bond acceptors (Lipinski definition) is 3. The molecule has 0 aliphatic heterocycles. The van der Waals surface area contributed by atoms with Gasteiger partial charge in [-0.25, -0.2) is 0 Å². The van der Waals surface area contributed by atoms with Gasteiger partial charge in [-0.1, -0.05) is 18.2 Å². The van der Waals surface area contributed by atoms with Gasteiger partial charge in [0.1, 0.15) is 5.75 Å². The number of benzene rings is 2. The van der Waals surface area contributed by atoms with Crippen molar-refractivity contribution in [1.82, 2.24) is 0 Å². The topological polar surface area (TPSA) is 38.7 Å². The highest BCUT2D eigenvalue weighted by molar-refractivity contribution is 5.44. The van der Waals surface area contributed by atoms with Gasteiger partial charge in [0, 0.05) is 0 Å². The van der Waals surface area contributed by atoms with Crippen LogP contribution in [-0.2, 0) is 6.61 Å². The molecule has 0 aromatic heterocycles. The van der Waals surface area contributed by atoms with E-state index in [1.807, 2.05) is 56.3 Å². The first-order valence-corrected chi connectivity index (χ1v) is 6.34. The lowest BCUT2D eigenvalue weighted by Crippen LogP contribution is -1.95. The van der Waals surface area contributed by atoms with Gasteiger partial charge in [-0.05, 0) is 49.2 Å². The van der Waals surface area contributed by atoms with E-state index in [9.17, 15) is 0 Å². The van der Waals surface area contributed by atoms with E-state index < -0.39 is 0 Å². The Morgan fingerprint density at radius 1 is 1.05 bits per heavy atom. The predicted molar refractivity (Wildman–Crippen MR) is 74.8 cm³/mol. The number of aliphatic hydroxyl groups excluding tert-OH is 1. The molecule has 0 radical (unpaired) electrons. The standard InChI is InChI=1S/C16H18O3/c1-3-18-15-6-4-5-7-16(15)19-14-9-8-13(11-17)12(2)10-14/h4-10,17H,3,11H2,1-2H3. The van der Waals surface area contributed by atoms with Crippen molar-refractivity contribution in [2.45, 2.75) is 20.5 Å². The maximum atomic E-state index is 9.15. The average Bonchev–Trinajstić information content (AvgIpc) is 2.41. The van der Waals surface area contributed by atoms with Crippen LogP contribution < -0.4 is 9.47 Å². The highest BCUT2D eigenvalue weighted by Crippen LogP contribution is 2.31. The van der Waals surface area contributed by atoms with Crippen molar-refractivity contribution in [3.8, 4) is 17.2 Å². The lowest BCUT2D eigenvalue weighted by Gasteiger charge is -2.12. The number of hydrogen-bond donors (Lipinski definition) is 1. The van der Waals surface area contributed by atoms with Crippen LogP contribution in [0, 0.1) is 6.92 Å². The highest BCUT2D eigenvalue weighted by atomic mass is 16.5. The molecule has 2 rings (SSSR count). The van der Waals surface area contributed by atoms with Crippen molar-refractivity contribution in [1.29, 1.82) is 0 Å². The molecule has 0 aliphatic rings.